The van der Waals surface area contributed by atoms with Crippen LogP contribution in [0.2, 0.25) is 0 Å². The van der Waals surface area contributed by atoms with Crippen LogP contribution in [0.15, 0.2) is 47.4 Å². The molecule has 0 fully saturated rings. The Kier molecular flexibility index (Phi) is 4.46. The van der Waals surface area contributed by atoms with Crippen LogP contribution in [0.3, 0.4) is 0 Å². The van der Waals surface area contributed by atoms with Gasteiger partial charge in [-0.2, -0.15) is 0 Å². The van der Waals surface area contributed by atoms with Gasteiger partial charge in [0.1, 0.15) is 0 Å². The minimum Gasteiger partial charge on any atom is -0.454 e. The summed E-state index contributed by atoms with van der Waals surface area (Å²) in [6, 6.07) is 13.0. The highest BCUT2D eigenvalue weighted by Gasteiger charge is 2.29. The first kappa shape index (κ1) is 16.8. The molecule has 2 aliphatic heterocycles. The van der Waals surface area contributed by atoms with Gasteiger partial charge in [0.05, 0.1) is 17.0 Å². The fraction of sp³-hybridized carbons (Fsp3) is 0.263. The first-order valence-corrected chi connectivity index (χ1v) is 9.23. The molecular weight excluding hydrogens is 352 g/mol. The third-order valence-electron chi connectivity index (χ3n) is 4.35. The molecule has 2 heterocycles. The van der Waals surface area contributed by atoms with E-state index in [0.717, 1.165) is 16.1 Å². The molecule has 0 saturated heterocycles. The first-order valence-electron chi connectivity index (χ1n) is 8.35. The largest absolute Gasteiger partial charge is 0.454 e. The van der Waals surface area contributed by atoms with Gasteiger partial charge in [0.25, 0.3) is 0 Å². The molecule has 2 aromatic carbocycles. The zero-order valence-corrected chi connectivity index (χ0v) is 15.0. The molecule has 2 aliphatic rings. The number of amides is 2. The van der Waals surface area contributed by atoms with E-state index in [1.807, 2.05) is 49.4 Å². The average Bonchev–Trinajstić information content (AvgIpc) is 3.10. The third-order valence-corrected chi connectivity index (χ3v) is 5.63. The van der Waals surface area contributed by atoms with Gasteiger partial charge in [-0.1, -0.05) is 18.2 Å². The molecule has 2 unspecified atom stereocenters. The molecule has 2 amide bonds. The van der Waals surface area contributed by atoms with E-state index in [1.165, 1.54) is 11.8 Å². The van der Waals surface area contributed by atoms with Crippen LogP contribution in [0.5, 0.6) is 11.5 Å². The summed E-state index contributed by atoms with van der Waals surface area (Å²) in [5.74, 6) is 1.09. The topological polar surface area (TPSA) is 76.7 Å². The van der Waals surface area contributed by atoms with Crippen LogP contribution in [0.25, 0.3) is 0 Å². The number of carbonyl (C=O) groups excluding carboxylic acids is 2. The van der Waals surface area contributed by atoms with Gasteiger partial charge in [-0.25, -0.2) is 0 Å². The van der Waals surface area contributed by atoms with Gasteiger partial charge in [-0.05, 0) is 36.8 Å². The van der Waals surface area contributed by atoms with Crippen molar-refractivity contribution >= 4 is 29.3 Å². The number of benzene rings is 2. The fourth-order valence-corrected chi connectivity index (χ4v) is 4.07. The fourth-order valence-electron chi connectivity index (χ4n) is 2.96. The molecule has 0 spiro atoms. The Morgan fingerprint density at radius 3 is 2.96 bits per heavy atom. The highest BCUT2D eigenvalue weighted by molar-refractivity contribution is 8.01. The number of para-hydroxylation sites is 1. The lowest BCUT2D eigenvalue weighted by molar-refractivity contribution is -0.124. The van der Waals surface area contributed by atoms with Crippen molar-refractivity contribution in [3.8, 4) is 11.5 Å². The molecule has 0 radical (unpaired) electrons. The zero-order chi connectivity index (χ0) is 18.1. The van der Waals surface area contributed by atoms with E-state index in [-0.39, 0.29) is 31.1 Å². The molecule has 2 atom stereocenters. The minimum atomic E-state index is -0.436. The van der Waals surface area contributed by atoms with Crippen LogP contribution in [-0.4, -0.2) is 23.9 Å². The molecule has 0 aromatic heterocycles. The lowest BCUT2D eigenvalue weighted by Crippen LogP contribution is -2.35. The summed E-state index contributed by atoms with van der Waals surface area (Å²) in [5.41, 5.74) is 1.72. The van der Waals surface area contributed by atoms with E-state index >= 15 is 0 Å². The number of fused-ring (bicyclic) bond motifs is 2. The molecule has 134 valence electrons. The van der Waals surface area contributed by atoms with Crippen LogP contribution in [0.1, 0.15) is 24.9 Å². The Balaban J connectivity index is 1.39. The van der Waals surface area contributed by atoms with Gasteiger partial charge in [-0.3, -0.25) is 9.59 Å². The molecule has 0 saturated carbocycles. The maximum absolute atomic E-state index is 12.4. The van der Waals surface area contributed by atoms with Crippen molar-refractivity contribution in [2.24, 2.45) is 0 Å². The van der Waals surface area contributed by atoms with E-state index in [4.69, 9.17) is 9.47 Å². The smallest absolute Gasteiger partial charge is 0.238 e. The molecular formula is C19H18N2O4S. The highest BCUT2D eigenvalue weighted by Crippen LogP contribution is 2.37. The number of thioether (sulfide) groups is 1. The van der Waals surface area contributed by atoms with Crippen molar-refractivity contribution in [1.29, 1.82) is 0 Å². The molecule has 0 aliphatic carbocycles. The zero-order valence-electron chi connectivity index (χ0n) is 14.2. The second-order valence-corrected chi connectivity index (χ2v) is 7.44. The lowest BCUT2D eigenvalue weighted by Gasteiger charge is -2.24. The van der Waals surface area contributed by atoms with Crippen molar-refractivity contribution in [2.75, 3.05) is 12.1 Å². The third kappa shape index (κ3) is 3.35. The van der Waals surface area contributed by atoms with Gasteiger partial charge >= 0.3 is 0 Å². The average molecular weight is 370 g/mol. The summed E-state index contributed by atoms with van der Waals surface area (Å²) in [4.78, 5) is 25.6. The van der Waals surface area contributed by atoms with Crippen LogP contribution < -0.4 is 20.1 Å². The number of nitrogens with one attached hydrogen (secondary N) is 2. The molecule has 2 N–H and O–H groups in total. The van der Waals surface area contributed by atoms with Gasteiger partial charge in [-0.15, -0.1) is 11.8 Å². The lowest BCUT2D eigenvalue weighted by atomic mass is 10.1. The summed E-state index contributed by atoms with van der Waals surface area (Å²) in [7, 11) is 0. The van der Waals surface area contributed by atoms with Gasteiger partial charge in [0.15, 0.2) is 11.5 Å². The van der Waals surface area contributed by atoms with Crippen LogP contribution in [0, 0.1) is 0 Å². The van der Waals surface area contributed by atoms with Crippen LogP contribution in [0.4, 0.5) is 5.69 Å². The number of anilines is 1. The molecule has 26 heavy (non-hydrogen) atoms. The second-order valence-electron chi connectivity index (χ2n) is 6.20. The highest BCUT2D eigenvalue weighted by atomic mass is 32.2. The normalized spacial score (nSPS) is 18.7. The maximum atomic E-state index is 12.4. The van der Waals surface area contributed by atoms with E-state index in [2.05, 4.69) is 10.6 Å². The van der Waals surface area contributed by atoms with E-state index in [1.54, 1.807) is 0 Å². The Hall–Kier alpha value is -2.67. The predicted molar refractivity (Wildman–Crippen MR) is 98.5 cm³/mol. The Bertz CT molecular complexity index is 870. The minimum absolute atomic E-state index is 0.125. The Morgan fingerprint density at radius 2 is 2.08 bits per heavy atom. The summed E-state index contributed by atoms with van der Waals surface area (Å²) >= 11 is 1.42. The monoisotopic (exact) mass is 370 g/mol. The Morgan fingerprint density at radius 1 is 1.27 bits per heavy atom. The van der Waals surface area contributed by atoms with E-state index in [0.29, 0.717) is 11.5 Å². The van der Waals surface area contributed by atoms with Crippen molar-refractivity contribution in [3.05, 3.63) is 48.0 Å². The van der Waals surface area contributed by atoms with Crippen molar-refractivity contribution < 1.29 is 19.1 Å². The maximum Gasteiger partial charge on any atom is 0.238 e. The SMILES string of the molecule is CC(NC(=O)CC1Sc2ccccc2NC1=O)c1ccc2c(c1)OCO2. The van der Waals surface area contributed by atoms with Gasteiger partial charge in [0, 0.05) is 11.3 Å². The number of carbonyl (C=O) groups is 2. The van der Waals surface area contributed by atoms with Crippen LogP contribution in [-0.2, 0) is 9.59 Å². The van der Waals surface area contributed by atoms with Gasteiger partial charge in [0.2, 0.25) is 18.6 Å². The number of hydrogen-bond donors (Lipinski definition) is 2. The summed E-state index contributed by atoms with van der Waals surface area (Å²) in [5, 5.41) is 5.37. The molecule has 0 bridgehead atoms. The summed E-state index contributed by atoms with van der Waals surface area (Å²) in [6.07, 6.45) is 0.125. The van der Waals surface area contributed by atoms with Crippen LogP contribution >= 0.6 is 11.8 Å². The molecule has 2 aromatic rings. The summed E-state index contributed by atoms with van der Waals surface area (Å²) < 4.78 is 10.7. The van der Waals surface area contributed by atoms with Crippen molar-refractivity contribution in [3.63, 3.8) is 0 Å². The van der Waals surface area contributed by atoms with Crippen molar-refractivity contribution in [1.82, 2.24) is 5.32 Å². The second kappa shape index (κ2) is 6.92. The quantitative estimate of drug-likeness (QED) is 0.865. The predicted octanol–water partition coefficient (Wildman–Crippen LogP) is 3.10. The standard InChI is InChI=1S/C19H18N2O4S/c1-11(12-6-7-14-15(8-12)25-10-24-14)20-18(22)9-17-19(23)21-13-4-2-3-5-16(13)26-17/h2-8,11,17H,9-10H2,1H3,(H,20,22)(H,21,23). The molecule has 4 rings (SSSR count). The number of rotatable bonds is 4. The number of ether oxygens (including phenoxy) is 2. The van der Waals surface area contributed by atoms with Crippen molar-refractivity contribution in [2.45, 2.75) is 29.5 Å². The molecule has 7 heteroatoms. The summed E-state index contributed by atoms with van der Waals surface area (Å²) in [6.45, 7) is 2.12. The molecule has 6 nitrogen and oxygen atoms in total. The first-order chi connectivity index (χ1) is 12.6. The van der Waals surface area contributed by atoms with E-state index < -0.39 is 5.25 Å². The van der Waals surface area contributed by atoms with E-state index in [9.17, 15) is 9.59 Å². The number of hydrogen-bond acceptors (Lipinski definition) is 5. The van der Waals surface area contributed by atoms with Gasteiger partial charge < -0.3 is 20.1 Å². The Labute approximate surface area is 155 Å².